The maximum absolute atomic E-state index is 13.7. The fraction of sp³-hybridized carbons (Fsp3) is 0.316. The van der Waals surface area contributed by atoms with Crippen LogP contribution in [0.1, 0.15) is 23.6 Å². The van der Waals surface area contributed by atoms with Gasteiger partial charge in [0.15, 0.2) is 6.79 Å². The maximum Gasteiger partial charge on any atom is 0.309 e. The van der Waals surface area contributed by atoms with Crippen LogP contribution in [0.4, 0.5) is 8.78 Å². The van der Waals surface area contributed by atoms with Crippen molar-refractivity contribution in [3.63, 3.8) is 0 Å². The molecule has 2 aromatic carbocycles. The fourth-order valence-electron chi connectivity index (χ4n) is 2.76. The Hall–Kier alpha value is -2.47. The van der Waals surface area contributed by atoms with Crippen molar-refractivity contribution in [2.24, 2.45) is 5.92 Å². The molecule has 1 aliphatic rings. The molecular formula is C19H18F2O4. The summed E-state index contributed by atoms with van der Waals surface area (Å²) in [6.45, 7) is 1.95. The Morgan fingerprint density at radius 3 is 2.88 bits per heavy atom. The fourth-order valence-corrected chi connectivity index (χ4v) is 2.76. The van der Waals surface area contributed by atoms with E-state index in [4.69, 9.17) is 14.2 Å². The topological polar surface area (TPSA) is 44.8 Å². The summed E-state index contributed by atoms with van der Waals surface area (Å²) in [7, 11) is 0. The van der Waals surface area contributed by atoms with Crippen LogP contribution in [-0.4, -0.2) is 12.8 Å². The number of hydrogen-bond acceptors (Lipinski definition) is 4. The first-order valence-electron chi connectivity index (χ1n) is 7.96. The summed E-state index contributed by atoms with van der Waals surface area (Å²) < 4.78 is 42.7. The van der Waals surface area contributed by atoms with Crippen LogP contribution in [0.15, 0.2) is 36.4 Å². The van der Waals surface area contributed by atoms with Crippen molar-refractivity contribution in [3.8, 4) is 5.75 Å². The molecule has 6 heteroatoms. The molecule has 3 rings (SSSR count). The average Bonchev–Trinajstić information content (AvgIpc) is 2.59. The summed E-state index contributed by atoms with van der Waals surface area (Å²) in [6.07, 6.45) is 0.363. The Morgan fingerprint density at radius 2 is 2.08 bits per heavy atom. The first-order chi connectivity index (χ1) is 12.0. The molecule has 0 fully saturated rings. The molecule has 0 amide bonds. The molecule has 0 N–H and O–H groups in total. The third-order valence-corrected chi connectivity index (χ3v) is 3.95. The van der Waals surface area contributed by atoms with Gasteiger partial charge in [-0.2, -0.15) is 0 Å². The summed E-state index contributed by atoms with van der Waals surface area (Å²) in [5.41, 5.74) is 1.77. The van der Waals surface area contributed by atoms with Gasteiger partial charge in [0.2, 0.25) is 0 Å². The van der Waals surface area contributed by atoms with Crippen molar-refractivity contribution in [1.29, 1.82) is 0 Å². The minimum absolute atomic E-state index is 0.0789. The molecule has 1 aliphatic heterocycles. The van der Waals surface area contributed by atoms with Crippen LogP contribution in [-0.2, 0) is 33.9 Å². The van der Waals surface area contributed by atoms with Crippen molar-refractivity contribution in [2.75, 3.05) is 6.79 Å². The van der Waals surface area contributed by atoms with E-state index in [2.05, 4.69) is 0 Å². The van der Waals surface area contributed by atoms with E-state index in [1.165, 1.54) is 24.3 Å². The van der Waals surface area contributed by atoms with E-state index in [0.717, 1.165) is 0 Å². The Labute approximate surface area is 144 Å². The summed E-state index contributed by atoms with van der Waals surface area (Å²) in [5.74, 6) is -1.17. The van der Waals surface area contributed by atoms with Crippen LogP contribution in [0.3, 0.4) is 0 Å². The van der Waals surface area contributed by atoms with Crippen molar-refractivity contribution >= 4 is 5.97 Å². The van der Waals surface area contributed by atoms with Gasteiger partial charge in [0.1, 0.15) is 24.0 Å². The molecule has 25 heavy (non-hydrogen) atoms. The minimum Gasteiger partial charge on any atom is -0.467 e. The monoisotopic (exact) mass is 348 g/mol. The summed E-state index contributed by atoms with van der Waals surface area (Å²) >= 11 is 0. The first-order valence-corrected chi connectivity index (χ1v) is 7.96. The van der Waals surface area contributed by atoms with E-state index in [1.54, 1.807) is 19.1 Å². The van der Waals surface area contributed by atoms with E-state index in [0.29, 0.717) is 28.9 Å². The number of halogens is 2. The predicted octanol–water partition coefficient (Wildman–Crippen LogP) is 3.75. The highest BCUT2D eigenvalue weighted by atomic mass is 19.1. The number of carbonyl (C=O) groups excluding carboxylic acids is 1. The highest BCUT2D eigenvalue weighted by Gasteiger charge is 2.20. The standard InChI is InChI=1S/C19H18F2O4/c1-12(5-13-3-2-4-16(20)6-13)19(22)24-10-15-8-17(21)7-14-9-23-11-25-18(14)15/h2-4,6-8,12H,5,9-11H2,1H3. The Balaban J connectivity index is 1.63. The molecule has 0 saturated carbocycles. The highest BCUT2D eigenvalue weighted by molar-refractivity contribution is 5.72. The molecule has 0 bridgehead atoms. The van der Waals surface area contributed by atoms with Crippen LogP contribution in [0.2, 0.25) is 0 Å². The molecular weight excluding hydrogens is 330 g/mol. The van der Waals surface area contributed by atoms with Gasteiger partial charge in [-0.3, -0.25) is 4.79 Å². The molecule has 0 aliphatic carbocycles. The lowest BCUT2D eigenvalue weighted by molar-refractivity contribution is -0.149. The third-order valence-electron chi connectivity index (χ3n) is 3.95. The van der Waals surface area contributed by atoms with Crippen LogP contribution in [0.5, 0.6) is 5.75 Å². The van der Waals surface area contributed by atoms with Crippen LogP contribution in [0.25, 0.3) is 0 Å². The normalized spacial score (nSPS) is 14.4. The third kappa shape index (κ3) is 4.33. The maximum atomic E-state index is 13.7. The molecule has 2 aromatic rings. The van der Waals surface area contributed by atoms with Crippen molar-refractivity contribution < 1.29 is 27.8 Å². The first kappa shape index (κ1) is 17.4. The van der Waals surface area contributed by atoms with E-state index < -0.39 is 17.7 Å². The number of rotatable bonds is 5. The second-order valence-corrected chi connectivity index (χ2v) is 6.01. The van der Waals surface area contributed by atoms with Gasteiger partial charge in [0.05, 0.1) is 12.5 Å². The van der Waals surface area contributed by atoms with E-state index >= 15 is 0 Å². The molecule has 0 radical (unpaired) electrons. The van der Waals surface area contributed by atoms with Crippen LogP contribution < -0.4 is 4.74 Å². The molecule has 1 unspecified atom stereocenters. The molecule has 1 atom stereocenters. The zero-order chi connectivity index (χ0) is 17.8. The lowest BCUT2D eigenvalue weighted by atomic mass is 10.0. The molecule has 132 valence electrons. The lowest BCUT2D eigenvalue weighted by Gasteiger charge is -2.21. The number of fused-ring (bicyclic) bond motifs is 1. The van der Waals surface area contributed by atoms with Gasteiger partial charge in [-0.25, -0.2) is 8.78 Å². The second kappa shape index (κ2) is 7.61. The van der Waals surface area contributed by atoms with Crippen molar-refractivity contribution in [3.05, 3.63) is 64.7 Å². The summed E-state index contributed by atoms with van der Waals surface area (Å²) in [4.78, 5) is 12.2. The SMILES string of the molecule is CC(Cc1cccc(F)c1)C(=O)OCc1cc(F)cc2c1OCOC2. The quantitative estimate of drug-likeness (QED) is 0.772. The smallest absolute Gasteiger partial charge is 0.309 e. The van der Waals surface area contributed by atoms with Gasteiger partial charge in [-0.1, -0.05) is 19.1 Å². The van der Waals surface area contributed by atoms with Crippen molar-refractivity contribution in [1.82, 2.24) is 0 Å². The second-order valence-electron chi connectivity index (χ2n) is 6.01. The minimum atomic E-state index is -0.449. The van der Waals surface area contributed by atoms with Gasteiger partial charge in [-0.15, -0.1) is 0 Å². The number of ether oxygens (including phenoxy) is 3. The summed E-state index contributed by atoms with van der Waals surface area (Å²) in [5, 5.41) is 0. The lowest BCUT2D eigenvalue weighted by Crippen LogP contribution is -2.18. The number of esters is 1. The molecule has 0 saturated heterocycles. The highest BCUT2D eigenvalue weighted by Crippen LogP contribution is 2.30. The van der Waals surface area contributed by atoms with Crippen LogP contribution in [0, 0.1) is 17.6 Å². The van der Waals surface area contributed by atoms with Gasteiger partial charge in [0.25, 0.3) is 0 Å². The van der Waals surface area contributed by atoms with Crippen LogP contribution >= 0.6 is 0 Å². The molecule has 4 nitrogen and oxygen atoms in total. The zero-order valence-electron chi connectivity index (χ0n) is 13.8. The molecule has 0 aromatic heterocycles. The zero-order valence-corrected chi connectivity index (χ0v) is 13.8. The van der Waals surface area contributed by atoms with E-state index in [-0.39, 0.29) is 25.8 Å². The van der Waals surface area contributed by atoms with Gasteiger partial charge < -0.3 is 14.2 Å². The van der Waals surface area contributed by atoms with Crippen molar-refractivity contribution in [2.45, 2.75) is 26.6 Å². The van der Waals surface area contributed by atoms with Gasteiger partial charge in [-0.05, 0) is 36.2 Å². The summed E-state index contributed by atoms with van der Waals surface area (Å²) in [6, 6.07) is 8.72. The largest absolute Gasteiger partial charge is 0.467 e. The number of benzene rings is 2. The average molecular weight is 348 g/mol. The number of hydrogen-bond donors (Lipinski definition) is 0. The Morgan fingerprint density at radius 1 is 1.24 bits per heavy atom. The Kier molecular flexibility index (Phi) is 5.28. The van der Waals surface area contributed by atoms with Gasteiger partial charge >= 0.3 is 5.97 Å². The predicted molar refractivity (Wildman–Crippen MR) is 85.7 cm³/mol. The molecule has 0 spiro atoms. The number of carbonyl (C=O) groups is 1. The Bertz CT molecular complexity index is 776. The van der Waals surface area contributed by atoms with Gasteiger partial charge in [0, 0.05) is 11.1 Å². The van der Waals surface area contributed by atoms with E-state index in [1.807, 2.05) is 0 Å². The molecule has 1 heterocycles. The van der Waals surface area contributed by atoms with E-state index in [9.17, 15) is 13.6 Å².